The molecule has 104 valence electrons. The Morgan fingerprint density at radius 1 is 1.24 bits per heavy atom. The van der Waals surface area contributed by atoms with Crippen LogP contribution in [-0.4, -0.2) is 15.9 Å². The van der Waals surface area contributed by atoms with E-state index in [0.29, 0.717) is 10.8 Å². The van der Waals surface area contributed by atoms with Crippen LogP contribution in [0.25, 0.3) is 16.3 Å². The van der Waals surface area contributed by atoms with E-state index >= 15 is 0 Å². The number of nitrogens with one attached hydrogen (secondary N) is 1. The largest absolute Gasteiger partial charge is 0.306 e. The van der Waals surface area contributed by atoms with Crippen molar-refractivity contribution in [1.82, 2.24) is 9.97 Å². The second-order valence-corrected chi connectivity index (χ2v) is 5.51. The fraction of sp³-hybridized carbons (Fsp3) is 0. The number of fused-ring (bicyclic) bond motifs is 1. The summed E-state index contributed by atoms with van der Waals surface area (Å²) in [7, 11) is 0. The molecule has 0 unspecified atom stereocenters. The Morgan fingerprint density at radius 2 is 2.10 bits per heavy atom. The molecule has 3 aromatic rings. The number of anilines is 1. The SMILES string of the molecule is O=C(/C=C/c1ccccc1Cl)Nc1ncnc2sccc12. The second kappa shape index (κ2) is 6.03. The number of aromatic nitrogens is 2. The molecule has 6 heteroatoms. The van der Waals surface area contributed by atoms with E-state index in [-0.39, 0.29) is 5.91 Å². The Balaban J connectivity index is 1.78. The minimum atomic E-state index is -0.263. The molecule has 0 atom stereocenters. The average Bonchev–Trinajstić information content (AvgIpc) is 2.96. The molecule has 0 saturated heterocycles. The lowest BCUT2D eigenvalue weighted by atomic mass is 10.2. The summed E-state index contributed by atoms with van der Waals surface area (Å²) in [5.74, 6) is 0.246. The van der Waals surface area contributed by atoms with Gasteiger partial charge in [-0.2, -0.15) is 0 Å². The van der Waals surface area contributed by atoms with E-state index in [0.717, 1.165) is 15.8 Å². The standard InChI is InChI=1S/C15H10ClN3OS/c16-12-4-2-1-3-10(12)5-6-13(20)19-14-11-7-8-21-15(11)18-9-17-14/h1-9H,(H,17,18,19,20)/b6-5+. The highest BCUT2D eigenvalue weighted by molar-refractivity contribution is 7.16. The number of halogens is 1. The monoisotopic (exact) mass is 315 g/mol. The van der Waals surface area contributed by atoms with E-state index in [1.54, 1.807) is 12.1 Å². The van der Waals surface area contributed by atoms with Crippen LogP contribution in [0.2, 0.25) is 5.02 Å². The third-order valence-corrected chi connectivity index (χ3v) is 3.99. The summed E-state index contributed by atoms with van der Waals surface area (Å²) < 4.78 is 0. The highest BCUT2D eigenvalue weighted by Gasteiger charge is 2.06. The van der Waals surface area contributed by atoms with Crippen LogP contribution in [0.5, 0.6) is 0 Å². The van der Waals surface area contributed by atoms with Crippen molar-refractivity contribution in [2.24, 2.45) is 0 Å². The summed E-state index contributed by atoms with van der Waals surface area (Å²) >= 11 is 7.53. The molecule has 4 nitrogen and oxygen atoms in total. The molecule has 0 fully saturated rings. The van der Waals surface area contributed by atoms with Crippen molar-refractivity contribution in [3.8, 4) is 0 Å². The van der Waals surface area contributed by atoms with Gasteiger partial charge in [0.1, 0.15) is 17.0 Å². The summed E-state index contributed by atoms with van der Waals surface area (Å²) in [6.45, 7) is 0. The first-order valence-corrected chi connectivity index (χ1v) is 7.41. The Morgan fingerprint density at radius 3 is 2.95 bits per heavy atom. The van der Waals surface area contributed by atoms with Gasteiger partial charge in [-0.25, -0.2) is 9.97 Å². The number of hydrogen-bond acceptors (Lipinski definition) is 4. The number of nitrogens with zero attached hydrogens (tertiary/aromatic N) is 2. The fourth-order valence-corrected chi connectivity index (χ4v) is 2.76. The normalized spacial score (nSPS) is 11.1. The molecule has 21 heavy (non-hydrogen) atoms. The zero-order valence-electron chi connectivity index (χ0n) is 10.8. The van der Waals surface area contributed by atoms with Gasteiger partial charge in [-0.3, -0.25) is 4.79 Å². The second-order valence-electron chi connectivity index (χ2n) is 4.21. The number of amides is 1. The van der Waals surface area contributed by atoms with Crippen molar-refractivity contribution < 1.29 is 4.79 Å². The van der Waals surface area contributed by atoms with Gasteiger partial charge in [0.05, 0.1) is 5.39 Å². The Labute approximate surface area is 130 Å². The van der Waals surface area contributed by atoms with E-state index in [4.69, 9.17) is 11.6 Å². The summed E-state index contributed by atoms with van der Waals surface area (Å²) in [4.78, 5) is 21.0. The molecule has 2 aromatic heterocycles. The van der Waals surface area contributed by atoms with Gasteiger partial charge >= 0.3 is 0 Å². The highest BCUT2D eigenvalue weighted by atomic mass is 35.5. The first-order chi connectivity index (χ1) is 10.2. The number of carbonyl (C=O) groups excluding carboxylic acids is 1. The van der Waals surface area contributed by atoms with Gasteiger partial charge in [-0.15, -0.1) is 11.3 Å². The molecule has 0 spiro atoms. The average molecular weight is 316 g/mol. The van der Waals surface area contributed by atoms with Crippen LogP contribution in [0, 0.1) is 0 Å². The molecule has 0 aliphatic carbocycles. The minimum absolute atomic E-state index is 0.263. The zero-order chi connectivity index (χ0) is 14.7. The number of carbonyl (C=O) groups is 1. The first-order valence-electron chi connectivity index (χ1n) is 6.16. The Bertz CT molecular complexity index is 828. The number of benzene rings is 1. The van der Waals surface area contributed by atoms with Crippen LogP contribution in [0.15, 0.2) is 48.1 Å². The van der Waals surface area contributed by atoms with Gasteiger partial charge in [-0.05, 0) is 29.2 Å². The summed E-state index contributed by atoms with van der Waals surface area (Å²) in [5, 5.41) is 6.09. The molecule has 0 aliphatic heterocycles. The van der Waals surface area contributed by atoms with Gasteiger partial charge in [0.15, 0.2) is 0 Å². The van der Waals surface area contributed by atoms with E-state index in [1.165, 1.54) is 23.7 Å². The molecular weight excluding hydrogens is 306 g/mol. The molecule has 0 saturated carbocycles. The molecule has 3 rings (SSSR count). The van der Waals surface area contributed by atoms with Crippen LogP contribution in [-0.2, 0) is 4.79 Å². The number of rotatable bonds is 3. The van der Waals surface area contributed by atoms with Crippen LogP contribution >= 0.6 is 22.9 Å². The van der Waals surface area contributed by atoms with E-state index in [1.807, 2.05) is 29.6 Å². The molecule has 0 aliphatic rings. The maximum atomic E-state index is 12.0. The topological polar surface area (TPSA) is 54.9 Å². The summed E-state index contributed by atoms with van der Waals surface area (Å²) in [6, 6.07) is 9.20. The third-order valence-electron chi connectivity index (χ3n) is 2.82. The van der Waals surface area contributed by atoms with E-state index in [2.05, 4.69) is 15.3 Å². The smallest absolute Gasteiger partial charge is 0.249 e. The number of thiophene rings is 1. The zero-order valence-corrected chi connectivity index (χ0v) is 12.4. The molecule has 0 radical (unpaired) electrons. The predicted molar refractivity (Wildman–Crippen MR) is 86.5 cm³/mol. The van der Waals surface area contributed by atoms with Crippen LogP contribution in [0.1, 0.15) is 5.56 Å². The lowest BCUT2D eigenvalue weighted by molar-refractivity contribution is -0.111. The van der Waals surface area contributed by atoms with Crippen molar-refractivity contribution in [2.75, 3.05) is 5.32 Å². The maximum Gasteiger partial charge on any atom is 0.249 e. The Hall–Kier alpha value is -2.24. The molecule has 1 aromatic carbocycles. The highest BCUT2D eigenvalue weighted by Crippen LogP contribution is 2.23. The van der Waals surface area contributed by atoms with E-state index in [9.17, 15) is 4.79 Å². The number of hydrogen-bond donors (Lipinski definition) is 1. The summed E-state index contributed by atoms with van der Waals surface area (Å²) in [5.41, 5.74) is 0.790. The van der Waals surface area contributed by atoms with Crippen molar-refractivity contribution >= 4 is 51.0 Å². The van der Waals surface area contributed by atoms with Gasteiger partial charge in [0, 0.05) is 11.1 Å². The van der Waals surface area contributed by atoms with Crippen molar-refractivity contribution in [3.63, 3.8) is 0 Å². The van der Waals surface area contributed by atoms with Crippen molar-refractivity contribution in [2.45, 2.75) is 0 Å². The van der Waals surface area contributed by atoms with Crippen LogP contribution in [0.3, 0.4) is 0 Å². The van der Waals surface area contributed by atoms with Crippen molar-refractivity contribution in [1.29, 1.82) is 0 Å². The van der Waals surface area contributed by atoms with Gasteiger partial charge in [0.2, 0.25) is 5.91 Å². The van der Waals surface area contributed by atoms with Crippen molar-refractivity contribution in [3.05, 3.63) is 58.7 Å². The third kappa shape index (κ3) is 3.09. The molecule has 1 amide bonds. The minimum Gasteiger partial charge on any atom is -0.306 e. The molecule has 1 N–H and O–H groups in total. The molecular formula is C15H10ClN3OS. The predicted octanol–water partition coefficient (Wildman–Crippen LogP) is 4.00. The van der Waals surface area contributed by atoms with Gasteiger partial charge in [-0.1, -0.05) is 29.8 Å². The fourth-order valence-electron chi connectivity index (χ4n) is 1.82. The lowest BCUT2D eigenvalue weighted by Gasteiger charge is -2.02. The Kier molecular flexibility index (Phi) is 3.94. The van der Waals surface area contributed by atoms with Crippen LogP contribution < -0.4 is 5.32 Å². The lowest BCUT2D eigenvalue weighted by Crippen LogP contribution is -2.09. The van der Waals surface area contributed by atoms with E-state index < -0.39 is 0 Å². The molecule has 2 heterocycles. The first kappa shape index (κ1) is 13.7. The maximum absolute atomic E-state index is 12.0. The van der Waals surface area contributed by atoms with Gasteiger partial charge in [0.25, 0.3) is 0 Å². The molecule has 0 bridgehead atoms. The van der Waals surface area contributed by atoms with Gasteiger partial charge < -0.3 is 5.32 Å². The van der Waals surface area contributed by atoms with Crippen LogP contribution in [0.4, 0.5) is 5.82 Å². The quantitative estimate of drug-likeness (QED) is 0.743. The summed E-state index contributed by atoms with van der Waals surface area (Å²) in [6.07, 6.45) is 4.54.